The third kappa shape index (κ3) is 3.42. The summed E-state index contributed by atoms with van der Waals surface area (Å²) in [5.74, 6) is -0.986. The number of para-hydroxylation sites is 1. The first-order valence-corrected chi connectivity index (χ1v) is 15.4. The topological polar surface area (TPSA) is 125 Å². The number of aryl methyl sites for hydroxylation is 1. The van der Waals surface area contributed by atoms with Gasteiger partial charge >= 0.3 is 11.7 Å². The molecule has 1 atom stereocenters. The maximum Gasteiger partial charge on any atom is 0.343 e. The van der Waals surface area contributed by atoms with Crippen LogP contribution in [0.4, 0.5) is 5.69 Å². The van der Waals surface area contributed by atoms with Crippen molar-refractivity contribution in [2.45, 2.75) is 64.2 Å². The van der Waals surface area contributed by atoms with Gasteiger partial charge in [-0.05, 0) is 24.5 Å². The number of pyridine rings is 2. The third-order valence-electron chi connectivity index (χ3n) is 7.11. The standard InChI is InChI=1S/C25H27N3O6Si/c1-5-25(31)19-17(13-34-24(25)30)23(29)27-12-16-14(10-11-35(2,3)4)15-8-6-7-9-18(15)26-20(16)22(27)21(19)28(32)33/h6-9,31H,5,10-13H2,1-4H3/t25-/m0/s1. The number of carbonyl (C=O) groups is 1. The maximum atomic E-state index is 13.6. The molecule has 0 unspecified atom stereocenters. The number of carbonyl (C=O) groups excluding carboxylic acids is 1. The summed E-state index contributed by atoms with van der Waals surface area (Å²) in [5.41, 5.74) is -0.585. The van der Waals surface area contributed by atoms with Crippen LogP contribution in [0.15, 0.2) is 29.1 Å². The molecule has 10 heteroatoms. The molecule has 0 saturated carbocycles. The quantitative estimate of drug-likeness (QED) is 0.194. The van der Waals surface area contributed by atoms with Gasteiger partial charge in [0.05, 0.1) is 33.8 Å². The largest absolute Gasteiger partial charge is 0.458 e. The summed E-state index contributed by atoms with van der Waals surface area (Å²) in [4.78, 5) is 42.8. The smallest absolute Gasteiger partial charge is 0.343 e. The minimum atomic E-state index is -2.27. The zero-order chi connectivity index (χ0) is 25.3. The predicted molar refractivity (Wildman–Crippen MR) is 133 cm³/mol. The Balaban J connectivity index is 1.88. The summed E-state index contributed by atoms with van der Waals surface area (Å²) < 4.78 is 6.45. The average molecular weight is 494 g/mol. The van der Waals surface area contributed by atoms with Crippen LogP contribution < -0.4 is 5.56 Å². The fraction of sp³-hybridized carbons (Fsp3) is 0.400. The first-order valence-electron chi connectivity index (χ1n) is 11.7. The van der Waals surface area contributed by atoms with Gasteiger partial charge in [0.1, 0.15) is 12.3 Å². The van der Waals surface area contributed by atoms with Gasteiger partial charge in [0.15, 0.2) is 5.60 Å². The number of nitrogens with zero attached hydrogens (tertiary/aromatic N) is 3. The molecule has 2 aliphatic heterocycles. The Bertz CT molecular complexity index is 1490. The van der Waals surface area contributed by atoms with Crippen LogP contribution in [-0.2, 0) is 34.7 Å². The van der Waals surface area contributed by atoms with Gasteiger partial charge < -0.3 is 9.84 Å². The lowest BCUT2D eigenvalue weighted by atomic mass is 9.84. The Morgan fingerprint density at radius 2 is 1.94 bits per heavy atom. The molecule has 0 saturated heterocycles. The molecular weight excluding hydrogens is 466 g/mol. The highest BCUT2D eigenvalue weighted by Crippen LogP contribution is 2.47. The van der Waals surface area contributed by atoms with E-state index in [4.69, 9.17) is 9.72 Å². The van der Waals surface area contributed by atoms with Gasteiger partial charge in [-0.25, -0.2) is 9.78 Å². The third-order valence-corrected chi connectivity index (χ3v) is 8.86. The van der Waals surface area contributed by atoms with E-state index in [9.17, 15) is 24.8 Å². The minimum absolute atomic E-state index is 0.0505. The molecule has 0 spiro atoms. The van der Waals surface area contributed by atoms with Gasteiger partial charge in [0, 0.05) is 19.0 Å². The molecule has 4 heterocycles. The fourth-order valence-electron chi connectivity index (χ4n) is 5.22. The van der Waals surface area contributed by atoms with E-state index in [1.165, 1.54) is 11.5 Å². The molecule has 0 fully saturated rings. The number of rotatable bonds is 5. The van der Waals surface area contributed by atoms with Crippen molar-refractivity contribution in [3.8, 4) is 11.4 Å². The van der Waals surface area contributed by atoms with Crippen LogP contribution in [0.25, 0.3) is 22.3 Å². The van der Waals surface area contributed by atoms with Crippen LogP contribution in [0.1, 0.15) is 35.6 Å². The van der Waals surface area contributed by atoms with E-state index >= 15 is 0 Å². The summed E-state index contributed by atoms with van der Waals surface area (Å²) in [7, 11) is -1.42. The summed E-state index contributed by atoms with van der Waals surface area (Å²) in [6, 6.07) is 8.66. The van der Waals surface area contributed by atoms with Crippen molar-refractivity contribution < 1.29 is 19.6 Å². The number of hydrogen-bond acceptors (Lipinski definition) is 7. The Hall–Kier alpha value is -3.37. The normalized spacial score (nSPS) is 18.7. The number of fused-ring (bicyclic) bond motifs is 5. The summed E-state index contributed by atoms with van der Waals surface area (Å²) in [6.07, 6.45) is 0.611. The van der Waals surface area contributed by atoms with Crippen molar-refractivity contribution in [1.29, 1.82) is 0 Å². The number of hydrogen-bond donors (Lipinski definition) is 1. The van der Waals surface area contributed by atoms with Crippen LogP contribution in [0.5, 0.6) is 0 Å². The Morgan fingerprint density at radius 3 is 2.60 bits per heavy atom. The molecule has 5 rings (SSSR count). The van der Waals surface area contributed by atoms with Crippen molar-refractivity contribution in [2.75, 3.05) is 0 Å². The molecule has 0 radical (unpaired) electrons. The molecule has 2 aromatic heterocycles. The van der Waals surface area contributed by atoms with Crippen LogP contribution in [0.2, 0.25) is 25.7 Å². The van der Waals surface area contributed by atoms with E-state index in [2.05, 4.69) is 19.6 Å². The van der Waals surface area contributed by atoms with Crippen molar-refractivity contribution >= 4 is 30.6 Å². The first kappa shape index (κ1) is 23.4. The Morgan fingerprint density at radius 1 is 1.23 bits per heavy atom. The highest BCUT2D eigenvalue weighted by atomic mass is 28.3. The second kappa shape index (κ2) is 7.82. The van der Waals surface area contributed by atoms with Crippen molar-refractivity contribution in [3.63, 3.8) is 0 Å². The van der Waals surface area contributed by atoms with Crippen LogP contribution in [-0.4, -0.2) is 33.6 Å². The van der Waals surface area contributed by atoms with Crippen LogP contribution in [0.3, 0.4) is 0 Å². The Kier molecular flexibility index (Phi) is 5.22. The van der Waals surface area contributed by atoms with Gasteiger partial charge in [0.25, 0.3) is 5.56 Å². The fourth-order valence-corrected chi connectivity index (χ4v) is 6.22. The second-order valence-electron chi connectivity index (χ2n) is 10.5. The lowest BCUT2D eigenvalue weighted by Crippen LogP contribution is -2.45. The monoisotopic (exact) mass is 493 g/mol. The van der Waals surface area contributed by atoms with E-state index in [1.54, 1.807) is 0 Å². The molecule has 0 bridgehead atoms. The number of nitro groups is 1. The van der Waals surface area contributed by atoms with E-state index in [0.29, 0.717) is 11.2 Å². The number of ether oxygens (including phenoxy) is 1. The van der Waals surface area contributed by atoms with Crippen LogP contribution in [0, 0.1) is 10.1 Å². The molecule has 0 aliphatic carbocycles. The van der Waals surface area contributed by atoms with E-state index in [0.717, 1.165) is 29.0 Å². The molecule has 0 amide bonds. The van der Waals surface area contributed by atoms with Crippen molar-refractivity contribution in [1.82, 2.24) is 9.55 Å². The number of benzene rings is 1. The zero-order valence-electron chi connectivity index (χ0n) is 20.2. The number of esters is 1. The van der Waals surface area contributed by atoms with Gasteiger partial charge in [0.2, 0.25) is 0 Å². The number of cyclic esters (lactones) is 1. The molecule has 182 valence electrons. The summed E-state index contributed by atoms with van der Waals surface area (Å²) >= 11 is 0. The van der Waals surface area contributed by atoms with E-state index < -0.39 is 42.4 Å². The average Bonchev–Trinajstić information content (AvgIpc) is 3.18. The lowest BCUT2D eigenvalue weighted by molar-refractivity contribution is -0.386. The van der Waals surface area contributed by atoms with Gasteiger partial charge in [-0.3, -0.25) is 19.5 Å². The molecule has 9 nitrogen and oxygen atoms in total. The Labute approximate surface area is 202 Å². The SMILES string of the molecule is CC[C@@]1(O)C(=O)OCc2c1c([N+](=O)[O-])c1n(c2=O)Cc2c-1nc1ccccc1c2CC[Si](C)(C)C. The van der Waals surface area contributed by atoms with Gasteiger partial charge in [-0.2, -0.15) is 0 Å². The second-order valence-corrected chi connectivity index (χ2v) is 16.1. The van der Waals surface area contributed by atoms with Crippen molar-refractivity contribution in [2.24, 2.45) is 0 Å². The van der Waals surface area contributed by atoms with E-state index in [1.807, 2.05) is 24.3 Å². The molecular formula is C25H27N3O6Si. The first-order chi connectivity index (χ1) is 16.5. The number of aromatic nitrogens is 2. The predicted octanol–water partition coefficient (Wildman–Crippen LogP) is 3.87. The zero-order valence-corrected chi connectivity index (χ0v) is 21.2. The van der Waals surface area contributed by atoms with Gasteiger partial charge in [-0.15, -0.1) is 0 Å². The lowest BCUT2D eigenvalue weighted by Gasteiger charge is -2.31. The summed E-state index contributed by atoms with van der Waals surface area (Å²) in [6.45, 7) is 8.13. The highest BCUT2D eigenvalue weighted by Gasteiger charge is 2.52. The maximum absolute atomic E-state index is 13.6. The van der Waals surface area contributed by atoms with E-state index in [-0.39, 0.29) is 29.8 Å². The molecule has 1 N–H and O–H groups in total. The molecule has 2 aliphatic rings. The van der Waals surface area contributed by atoms with Crippen molar-refractivity contribution in [3.05, 3.63) is 67.0 Å². The molecule has 1 aromatic carbocycles. The highest BCUT2D eigenvalue weighted by molar-refractivity contribution is 6.76. The summed E-state index contributed by atoms with van der Waals surface area (Å²) in [5, 5.41) is 24.6. The molecule has 35 heavy (non-hydrogen) atoms. The number of aliphatic hydroxyl groups is 1. The van der Waals surface area contributed by atoms with Crippen LogP contribution >= 0.6 is 0 Å². The minimum Gasteiger partial charge on any atom is -0.458 e. The molecule has 3 aromatic rings. The van der Waals surface area contributed by atoms with Gasteiger partial charge in [-0.1, -0.05) is 50.8 Å².